The molecule has 1 heterocycles. The fourth-order valence-electron chi connectivity index (χ4n) is 3.64. The number of benzene rings is 1. The van der Waals surface area contributed by atoms with Crippen molar-refractivity contribution in [3.63, 3.8) is 0 Å². The van der Waals surface area contributed by atoms with Gasteiger partial charge in [-0.2, -0.15) is 0 Å². The van der Waals surface area contributed by atoms with Gasteiger partial charge in [0.2, 0.25) is 5.91 Å². The molecular formula is C21H35N5O. The first kappa shape index (κ1) is 21.2. The third-order valence-electron chi connectivity index (χ3n) is 5.12. The second-order valence-corrected chi connectivity index (χ2v) is 7.15. The van der Waals surface area contributed by atoms with E-state index in [2.05, 4.69) is 32.8 Å². The number of anilines is 1. The summed E-state index contributed by atoms with van der Waals surface area (Å²) in [5.74, 6) is 0.809. The maximum Gasteiger partial charge on any atom is 0.221 e. The van der Waals surface area contributed by atoms with E-state index >= 15 is 0 Å². The standard InChI is InChI=1S/C21H35N5O/c1-4-20-7-5-6-15-26(20)16-14-24-21(22-3)23-13-12-18-8-10-19(11-9-18)25-17(2)27/h8-11,20H,4-7,12-16H2,1-3H3,(H,25,27)(H2,22,23,24). The topological polar surface area (TPSA) is 68.8 Å². The number of hydrogen-bond acceptors (Lipinski definition) is 3. The molecule has 1 atom stereocenters. The highest BCUT2D eigenvalue weighted by Gasteiger charge is 2.19. The van der Waals surface area contributed by atoms with Crippen LogP contribution in [0.1, 0.15) is 45.1 Å². The molecule has 1 unspecified atom stereocenters. The smallest absolute Gasteiger partial charge is 0.221 e. The Hall–Kier alpha value is -2.08. The average molecular weight is 374 g/mol. The van der Waals surface area contributed by atoms with Crippen LogP contribution in [0.2, 0.25) is 0 Å². The molecule has 0 aliphatic carbocycles. The quantitative estimate of drug-likeness (QED) is 0.484. The lowest BCUT2D eigenvalue weighted by Crippen LogP contribution is -2.46. The summed E-state index contributed by atoms with van der Waals surface area (Å²) in [7, 11) is 1.81. The van der Waals surface area contributed by atoms with Crippen LogP contribution in [0.5, 0.6) is 0 Å². The number of guanidine groups is 1. The van der Waals surface area contributed by atoms with Crippen molar-refractivity contribution >= 4 is 17.6 Å². The Morgan fingerprint density at radius 1 is 1.19 bits per heavy atom. The maximum atomic E-state index is 11.1. The van der Waals surface area contributed by atoms with E-state index in [9.17, 15) is 4.79 Å². The first-order valence-corrected chi connectivity index (χ1v) is 10.2. The van der Waals surface area contributed by atoms with Crippen molar-refractivity contribution in [3.05, 3.63) is 29.8 Å². The number of carbonyl (C=O) groups is 1. The monoisotopic (exact) mass is 373 g/mol. The predicted octanol–water partition coefficient (Wildman–Crippen LogP) is 2.62. The molecule has 27 heavy (non-hydrogen) atoms. The summed E-state index contributed by atoms with van der Waals surface area (Å²) >= 11 is 0. The molecule has 1 saturated heterocycles. The van der Waals surface area contributed by atoms with Crippen LogP contribution in [0.15, 0.2) is 29.3 Å². The number of nitrogens with zero attached hydrogens (tertiary/aromatic N) is 2. The van der Waals surface area contributed by atoms with Crippen molar-refractivity contribution in [3.8, 4) is 0 Å². The Morgan fingerprint density at radius 3 is 2.59 bits per heavy atom. The van der Waals surface area contributed by atoms with E-state index in [1.54, 1.807) is 0 Å². The molecule has 1 amide bonds. The largest absolute Gasteiger partial charge is 0.356 e. The van der Waals surface area contributed by atoms with E-state index in [1.807, 2.05) is 31.3 Å². The first-order chi connectivity index (χ1) is 13.1. The summed E-state index contributed by atoms with van der Waals surface area (Å²) < 4.78 is 0. The predicted molar refractivity (Wildman–Crippen MR) is 113 cm³/mol. The molecule has 0 radical (unpaired) electrons. The van der Waals surface area contributed by atoms with Crippen LogP contribution in [0.4, 0.5) is 5.69 Å². The van der Waals surface area contributed by atoms with Crippen molar-refractivity contribution in [2.45, 2.75) is 52.0 Å². The molecule has 1 aliphatic heterocycles. The molecule has 150 valence electrons. The molecular weight excluding hydrogens is 338 g/mol. The second-order valence-electron chi connectivity index (χ2n) is 7.15. The highest BCUT2D eigenvalue weighted by atomic mass is 16.1. The van der Waals surface area contributed by atoms with Gasteiger partial charge in [0.05, 0.1) is 0 Å². The average Bonchev–Trinajstić information content (AvgIpc) is 2.68. The summed E-state index contributed by atoms with van der Waals surface area (Å²) in [4.78, 5) is 18.0. The van der Waals surface area contributed by atoms with Gasteiger partial charge in [-0.1, -0.05) is 25.5 Å². The lowest BCUT2D eigenvalue weighted by Gasteiger charge is -2.35. The third kappa shape index (κ3) is 7.59. The number of aliphatic imine (C=N–C) groups is 1. The van der Waals surface area contributed by atoms with E-state index in [0.717, 1.165) is 43.7 Å². The molecule has 3 N–H and O–H groups in total. The number of hydrogen-bond donors (Lipinski definition) is 3. The Morgan fingerprint density at radius 2 is 1.93 bits per heavy atom. The number of likely N-dealkylation sites (tertiary alicyclic amines) is 1. The Kier molecular flexibility index (Phi) is 9.11. The zero-order valence-corrected chi connectivity index (χ0v) is 17.1. The van der Waals surface area contributed by atoms with E-state index in [1.165, 1.54) is 44.7 Å². The number of rotatable bonds is 8. The Balaban J connectivity index is 1.67. The van der Waals surface area contributed by atoms with Crippen molar-refractivity contribution < 1.29 is 4.79 Å². The van der Waals surface area contributed by atoms with Gasteiger partial charge in [-0.05, 0) is 49.9 Å². The molecule has 0 spiro atoms. The summed E-state index contributed by atoms with van der Waals surface area (Å²) in [6.07, 6.45) is 6.19. The molecule has 1 fully saturated rings. The lowest BCUT2D eigenvalue weighted by atomic mass is 10.0. The first-order valence-electron chi connectivity index (χ1n) is 10.2. The van der Waals surface area contributed by atoms with Crippen molar-refractivity contribution in [2.24, 2.45) is 4.99 Å². The molecule has 1 aliphatic rings. The van der Waals surface area contributed by atoms with Crippen molar-refractivity contribution in [2.75, 3.05) is 38.5 Å². The van der Waals surface area contributed by atoms with E-state index in [-0.39, 0.29) is 5.91 Å². The number of carbonyl (C=O) groups excluding carboxylic acids is 1. The van der Waals surface area contributed by atoms with E-state index in [4.69, 9.17) is 0 Å². The van der Waals surface area contributed by atoms with Gasteiger partial charge in [0.25, 0.3) is 0 Å². The molecule has 6 nitrogen and oxygen atoms in total. The highest BCUT2D eigenvalue weighted by molar-refractivity contribution is 5.88. The normalized spacial score (nSPS) is 18.2. The van der Waals surface area contributed by atoms with Gasteiger partial charge in [0, 0.05) is 45.3 Å². The van der Waals surface area contributed by atoms with E-state index in [0.29, 0.717) is 0 Å². The molecule has 1 aromatic carbocycles. The molecule has 6 heteroatoms. The molecule has 0 saturated carbocycles. The van der Waals surface area contributed by atoms with Gasteiger partial charge in [0.1, 0.15) is 0 Å². The summed E-state index contributed by atoms with van der Waals surface area (Å²) in [5, 5.41) is 9.59. The summed E-state index contributed by atoms with van der Waals surface area (Å²) in [5.41, 5.74) is 2.06. The van der Waals surface area contributed by atoms with Gasteiger partial charge in [-0.15, -0.1) is 0 Å². The minimum Gasteiger partial charge on any atom is -0.356 e. The van der Waals surface area contributed by atoms with Gasteiger partial charge < -0.3 is 16.0 Å². The zero-order valence-electron chi connectivity index (χ0n) is 17.1. The minimum atomic E-state index is -0.0471. The van der Waals surface area contributed by atoms with Crippen LogP contribution in [0, 0.1) is 0 Å². The van der Waals surface area contributed by atoms with Crippen LogP contribution in [0.3, 0.4) is 0 Å². The number of piperidine rings is 1. The number of nitrogens with one attached hydrogen (secondary N) is 3. The highest BCUT2D eigenvalue weighted by Crippen LogP contribution is 2.18. The summed E-state index contributed by atoms with van der Waals surface area (Å²) in [6.45, 7) is 7.84. The van der Waals surface area contributed by atoms with Crippen LogP contribution in [-0.2, 0) is 11.2 Å². The SMILES string of the molecule is CCC1CCCCN1CCNC(=NC)NCCc1ccc(NC(C)=O)cc1. The fourth-order valence-corrected chi connectivity index (χ4v) is 3.64. The van der Waals surface area contributed by atoms with Gasteiger partial charge in [-0.3, -0.25) is 14.7 Å². The van der Waals surface area contributed by atoms with Crippen LogP contribution >= 0.6 is 0 Å². The van der Waals surface area contributed by atoms with Crippen molar-refractivity contribution in [1.82, 2.24) is 15.5 Å². The van der Waals surface area contributed by atoms with E-state index < -0.39 is 0 Å². The van der Waals surface area contributed by atoms with Crippen LogP contribution < -0.4 is 16.0 Å². The minimum absolute atomic E-state index is 0.0471. The summed E-state index contributed by atoms with van der Waals surface area (Å²) in [6, 6.07) is 8.71. The molecule has 2 rings (SSSR count). The van der Waals surface area contributed by atoms with Gasteiger partial charge >= 0.3 is 0 Å². The maximum absolute atomic E-state index is 11.1. The Labute approximate surface area is 163 Å². The van der Waals surface area contributed by atoms with Crippen molar-refractivity contribution in [1.29, 1.82) is 0 Å². The molecule has 0 aromatic heterocycles. The van der Waals surface area contributed by atoms with Gasteiger partial charge in [-0.25, -0.2) is 0 Å². The third-order valence-corrected chi connectivity index (χ3v) is 5.12. The number of amides is 1. The second kappa shape index (κ2) is 11.6. The zero-order chi connectivity index (χ0) is 19.5. The van der Waals surface area contributed by atoms with Crippen LogP contribution in [0.25, 0.3) is 0 Å². The molecule has 1 aromatic rings. The van der Waals surface area contributed by atoms with Gasteiger partial charge in [0.15, 0.2) is 5.96 Å². The fraction of sp³-hybridized carbons (Fsp3) is 0.619. The Bertz CT molecular complexity index is 599. The lowest BCUT2D eigenvalue weighted by molar-refractivity contribution is -0.114. The van der Waals surface area contributed by atoms with Crippen LogP contribution in [-0.4, -0.2) is 56.0 Å². The molecule has 0 bridgehead atoms.